The lowest BCUT2D eigenvalue weighted by molar-refractivity contribution is -0.154. The van der Waals surface area contributed by atoms with Gasteiger partial charge in [-0.15, -0.1) is 0 Å². The number of alkyl halides is 3. The molecule has 1 aliphatic heterocycles. The van der Waals surface area contributed by atoms with Crippen molar-refractivity contribution >= 4 is 34.2 Å². The maximum atomic E-state index is 13.3. The molecular weight excluding hydrogens is 376 g/mol. The summed E-state index contributed by atoms with van der Waals surface area (Å²) in [4.78, 5) is 3.50. The molecule has 0 aliphatic carbocycles. The highest BCUT2D eigenvalue weighted by atomic mass is 35.5. The first kappa shape index (κ1) is 17.7. The Morgan fingerprint density at radius 3 is 2.33 bits per heavy atom. The number of hydrogen-bond donors (Lipinski definition) is 3. The average molecular weight is 387 g/mol. The number of nitrogens with zero attached hydrogens (tertiary/aromatic N) is 2. The van der Waals surface area contributed by atoms with Crippen molar-refractivity contribution in [1.82, 2.24) is 9.55 Å². The summed E-state index contributed by atoms with van der Waals surface area (Å²) in [6.07, 6.45) is -10.9. The molecule has 2 aromatic rings. The summed E-state index contributed by atoms with van der Waals surface area (Å²) in [7, 11) is 0. The second-order valence-electron chi connectivity index (χ2n) is 5.29. The SMILES string of the molecule is OC[C@H]1O[C@@H](n2c(C(F)(F)F)nc3cc(Cl)c(Cl)cc32)[C@H](O)[C@@H]1O. The molecule has 0 spiro atoms. The topological polar surface area (TPSA) is 87.7 Å². The predicted octanol–water partition coefficient (Wildman–Crippen LogP) is 1.97. The molecule has 1 fully saturated rings. The molecule has 1 saturated heterocycles. The maximum Gasteiger partial charge on any atom is 0.449 e. The van der Waals surface area contributed by atoms with Crippen molar-refractivity contribution in [2.24, 2.45) is 0 Å². The molecule has 0 unspecified atom stereocenters. The van der Waals surface area contributed by atoms with E-state index < -0.39 is 43.1 Å². The molecule has 1 aliphatic rings. The molecule has 11 heteroatoms. The molecule has 3 rings (SSSR count). The number of halogens is 5. The van der Waals surface area contributed by atoms with Gasteiger partial charge in [0.1, 0.15) is 18.3 Å². The van der Waals surface area contributed by atoms with Crippen molar-refractivity contribution in [2.75, 3.05) is 6.61 Å². The first-order chi connectivity index (χ1) is 11.1. The fourth-order valence-corrected chi connectivity index (χ4v) is 2.96. The van der Waals surface area contributed by atoms with Gasteiger partial charge in [0.25, 0.3) is 0 Å². The molecule has 3 N–H and O–H groups in total. The van der Waals surface area contributed by atoms with Crippen LogP contribution in [0.2, 0.25) is 10.0 Å². The molecule has 2 heterocycles. The van der Waals surface area contributed by atoms with Gasteiger partial charge >= 0.3 is 6.18 Å². The van der Waals surface area contributed by atoms with E-state index in [2.05, 4.69) is 4.98 Å². The summed E-state index contributed by atoms with van der Waals surface area (Å²) in [6.45, 7) is -0.671. The van der Waals surface area contributed by atoms with Crippen molar-refractivity contribution in [3.05, 3.63) is 28.0 Å². The summed E-state index contributed by atoms with van der Waals surface area (Å²) in [5.41, 5.74) is -0.180. The molecule has 0 amide bonds. The largest absolute Gasteiger partial charge is 0.449 e. The number of aromatic nitrogens is 2. The van der Waals surface area contributed by atoms with Gasteiger partial charge in [-0.05, 0) is 12.1 Å². The third-order valence-corrected chi connectivity index (χ3v) is 4.48. The minimum atomic E-state index is -4.86. The molecule has 132 valence electrons. The summed E-state index contributed by atoms with van der Waals surface area (Å²) in [5.74, 6) is -1.34. The third-order valence-electron chi connectivity index (χ3n) is 3.76. The highest BCUT2D eigenvalue weighted by Gasteiger charge is 2.48. The van der Waals surface area contributed by atoms with Gasteiger partial charge in [0, 0.05) is 0 Å². The van der Waals surface area contributed by atoms with Crippen LogP contribution in [0.1, 0.15) is 12.1 Å². The van der Waals surface area contributed by atoms with Crippen LogP contribution in [-0.4, -0.2) is 49.8 Å². The Labute approximate surface area is 143 Å². The number of hydrogen-bond acceptors (Lipinski definition) is 5. The van der Waals surface area contributed by atoms with Gasteiger partial charge < -0.3 is 20.1 Å². The number of ether oxygens (including phenoxy) is 1. The van der Waals surface area contributed by atoms with Gasteiger partial charge in [-0.2, -0.15) is 13.2 Å². The quantitative estimate of drug-likeness (QED) is 0.734. The molecule has 0 radical (unpaired) electrons. The number of benzene rings is 1. The molecule has 24 heavy (non-hydrogen) atoms. The fourth-order valence-electron chi connectivity index (χ4n) is 2.64. The Bertz CT molecular complexity index is 783. The standard InChI is InChI=1S/C13H11Cl2F3N2O4/c14-4-1-6-7(2-5(4)15)20(12(19-6)13(16,17)18)11-10(23)9(22)8(3-21)24-11/h1-2,8-11,21-23H,3H2/t8-,9-,10-,11-/m1/s1. The summed E-state index contributed by atoms with van der Waals surface area (Å²) >= 11 is 11.7. The number of aliphatic hydroxyl groups is 3. The van der Waals surface area contributed by atoms with E-state index in [0.717, 1.165) is 12.1 Å². The molecule has 1 aromatic carbocycles. The zero-order chi connectivity index (χ0) is 17.8. The van der Waals surface area contributed by atoms with E-state index in [1.807, 2.05) is 0 Å². The average Bonchev–Trinajstić information content (AvgIpc) is 2.98. The van der Waals surface area contributed by atoms with Crippen LogP contribution in [0.15, 0.2) is 12.1 Å². The van der Waals surface area contributed by atoms with E-state index in [-0.39, 0.29) is 21.1 Å². The number of fused-ring (bicyclic) bond motifs is 1. The zero-order valence-electron chi connectivity index (χ0n) is 11.7. The fraction of sp³-hybridized carbons (Fsp3) is 0.462. The Morgan fingerprint density at radius 2 is 1.79 bits per heavy atom. The van der Waals surface area contributed by atoms with Crippen LogP contribution in [0.3, 0.4) is 0 Å². The lowest BCUT2D eigenvalue weighted by Crippen LogP contribution is -2.33. The highest BCUT2D eigenvalue weighted by molar-refractivity contribution is 6.42. The number of aliphatic hydroxyl groups excluding tert-OH is 3. The van der Waals surface area contributed by atoms with Gasteiger partial charge in [-0.1, -0.05) is 23.2 Å². The van der Waals surface area contributed by atoms with Crippen molar-refractivity contribution in [3.8, 4) is 0 Å². The monoisotopic (exact) mass is 386 g/mol. The van der Waals surface area contributed by atoms with Crippen molar-refractivity contribution in [2.45, 2.75) is 30.7 Å². The van der Waals surface area contributed by atoms with E-state index in [0.29, 0.717) is 4.57 Å². The van der Waals surface area contributed by atoms with Crippen LogP contribution in [0.25, 0.3) is 11.0 Å². The maximum absolute atomic E-state index is 13.3. The van der Waals surface area contributed by atoms with Crippen molar-refractivity contribution < 1.29 is 33.2 Å². The molecule has 0 saturated carbocycles. The van der Waals surface area contributed by atoms with Crippen LogP contribution in [-0.2, 0) is 10.9 Å². The molecule has 1 aromatic heterocycles. The van der Waals surface area contributed by atoms with Gasteiger partial charge in [-0.25, -0.2) is 4.98 Å². The minimum absolute atomic E-state index is 0.00853. The smallest absolute Gasteiger partial charge is 0.394 e. The lowest BCUT2D eigenvalue weighted by Gasteiger charge is -2.20. The van der Waals surface area contributed by atoms with Crippen molar-refractivity contribution in [3.63, 3.8) is 0 Å². The Balaban J connectivity index is 2.23. The summed E-state index contributed by atoms with van der Waals surface area (Å²) in [6, 6.07) is 2.32. The Hall–Kier alpha value is -1.10. The zero-order valence-corrected chi connectivity index (χ0v) is 13.2. The van der Waals surface area contributed by atoms with E-state index >= 15 is 0 Å². The van der Waals surface area contributed by atoms with Gasteiger partial charge in [0.2, 0.25) is 5.82 Å². The van der Waals surface area contributed by atoms with Crippen LogP contribution in [0.5, 0.6) is 0 Å². The van der Waals surface area contributed by atoms with Crippen LogP contribution >= 0.6 is 23.2 Å². The molecular formula is C13H11Cl2F3N2O4. The van der Waals surface area contributed by atoms with Crippen LogP contribution in [0, 0.1) is 0 Å². The summed E-state index contributed by atoms with van der Waals surface area (Å²) < 4.78 is 45.8. The normalized spacial score (nSPS) is 28.0. The molecule has 0 bridgehead atoms. The summed E-state index contributed by atoms with van der Waals surface area (Å²) in [5, 5.41) is 29.0. The van der Waals surface area contributed by atoms with E-state index in [9.17, 15) is 23.4 Å². The van der Waals surface area contributed by atoms with Crippen molar-refractivity contribution in [1.29, 1.82) is 0 Å². The Morgan fingerprint density at radius 1 is 1.17 bits per heavy atom. The molecule has 6 nitrogen and oxygen atoms in total. The van der Waals surface area contributed by atoms with Gasteiger partial charge in [0.15, 0.2) is 6.23 Å². The van der Waals surface area contributed by atoms with E-state index in [4.69, 9.17) is 33.0 Å². The predicted molar refractivity (Wildman–Crippen MR) is 77.8 cm³/mol. The molecule has 4 atom stereocenters. The van der Waals surface area contributed by atoms with E-state index in [1.165, 1.54) is 0 Å². The van der Waals surface area contributed by atoms with E-state index in [1.54, 1.807) is 0 Å². The first-order valence-corrected chi connectivity index (χ1v) is 7.47. The first-order valence-electron chi connectivity index (χ1n) is 6.71. The van der Waals surface area contributed by atoms with Gasteiger partial charge in [-0.3, -0.25) is 4.57 Å². The van der Waals surface area contributed by atoms with Gasteiger partial charge in [0.05, 0.1) is 27.7 Å². The van der Waals surface area contributed by atoms with Crippen LogP contribution in [0.4, 0.5) is 13.2 Å². The lowest BCUT2D eigenvalue weighted by atomic mass is 10.1. The highest BCUT2D eigenvalue weighted by Crippen LogP contribution is 2.40. The second kappa shape index (κ2) is 6.01. The number of imidazole rings is 1. The Kier molecular flexibility index (Phi) is 4.44. The minimum Gasteiger partial charge on any atom is -0.394 e. The second-order valence-corrected chi connectivity index (χ2v) is 6.10. The van der Waals surface area contributed by atoms with Crippen LogP contribution < -0.4 is 0 Å². The number of rotatable bonds is 2. The third kappa shape index (κ3) is 2.75.